The van der Waals surface area contributed by atoms with Gasteiger partial charge in [-0.15, -0.1) is 0 Å². The smallest absolute Gasteiger partial charge is 0.326 e. The number of aryl methyl sites for hydroxylation is 1. The summed E-state index contributed by atoms with van der Waals surface area (Å²) in [5, 5.41) is 2.44. The van der Waals surface area contributed by atoms with Crippen LogP contribution in [0.2, 0.25) is 0 Å². The maximum Gasteiger partial charge on any atom is 0.326 e. The predicted octanol–water partition coefficient (Wildman–Crippen LogP) is 2.39. The van der Waals surface area contributed by atoms with E-state index in [1.165, 1.54) is 21.0 Å². The highest BCUT2D eigenvalue weighted by Crippen LogP contribution is 2.20. The first-order chi connectivity index (χ1) is 13.6. The van der Waals surface area contributed by atoms with Gasteiger partial charge in [-0.25, -0.2) is 0 Å². The van der Waals surface area contributed by atoms with Crippen molar-refractivity contribution in [2.75, 3.05) is 13.7 Å². The summed E-state index contributed by atoms with van der Waals surface area (Å²) in [6, 6.07) is 6.39. The molecule has 0 aliphatic carbocycles. The summed E-state index contributed by atoms with van der Waals surface area (Å²) in [6.45, 7) is 5.84. The number of hydrogen-bond donors (Lipinski definition) is 2. The number of aromatic nitrogens is 1. The van der Waals surface area contributed by atoms with Gasteiger partial charge in [-0.3, -0.25) is 19.2 Å². The van der Waals surface area contributed by atoms with Crippen molar-refractivity contribution >= 4 is 23.4 Å². The Morgan fingerprint density at radius 1 is 1.10 bits per heavy atom. The van der Waals surface area contributed by atoms with E-state index >= 15 is 0 Å². The maximum atomic E-state index is 12.6. The molecule has 1 aromatic carbocycles. The van der Waals surface area contributed by atoms with Crippen LogP contribution in [0.1, 0.15) is 56.3 Å². The van der Waals surface area contributed by atoms with Crippen molar-refractivity contribution in [3.63, 3.8) is 0 Å². The first-order valence-corrected chi connectivity index (χ1v) is 9.01. The molecule has 154 valence electrons. The largest absolute Gasteiger partial charge is 0.497 e. The molecule has 0 bridgehead atoms. The van der Waals surface area contributed by atoms with Gasteiger partial charge in [-0.05, 0) is 57.5 Å². The average Bonchev–Trinajstić information content (AvgIpc) is 2.99. The highest BCUT2D eigenvalue weighted by molar-refractivity contribution is 6.05. The number of amides is 1. The number of esters is 1. The Morgan fingerprint density at radius 3 is 2.24 bits per heavy atom. The van der Waals surface area contributed by atoms with E-state index in [1.54, 1.807) is 38.1 Å². The molecule has 1 atom stereocenters. The van der Waals surface area contributed by atoms with E-state index in [1.807, 2.05) is 0 Å². The van der Waals surface area contributed by atoms with Gasteiger partial charge in [0.15, 0.2) is 11.9 Å². The number of benzene rings is 1. The second-order valence-corrected chi connectivity index (χ2v) is 6.59. The number of H-pyrrole nitrogens is 1. The van der Waals surface area contributed by atoms with Crippen molar-refractivity contribution in [2.24, 2.45) is 0 Å². The second kappa shape index (κ2) is 9.18. The summed E-state index contributed by atoms with van der Waals surface area (Å²) in [5.74, 6) is -1.20. The highest BCUT2D eigenvalue weighted by atomic mass is 16.5. The number of aromatic amines is 1. The van der Waals surface area contributed by atoms with Crippen LogP contribution in [0, 0.1) is 13.8 Å². The molecule has 0 radical (unpaired) electrons. The van der Waals surface area contributed by atoms with Crippen LogP contribution in [-0.4, -0.2) is 48.2 Å². The first-order valence-electron chi connectivity index (χ1n) is 9.01. The lowest BCUT2D eigenvalue weighted by Gasteiger charge is -2.13. The van der Waals surface area contributed by atoms with Crippen LogP contribution in [0.5, 0.6) is 5.75 Å². The molecular formula is C21H24N2O6. The van der Waals surface area contributed by atoms with Gasteiger partial charge in [0.1, 0.15) is 12.3 Å². The van der Waals surface area contributed by atoms with E-state index in [2.05, 4.69) is 10.3 Å². The van der Waals surface area contributed by atoms with Crippen LogP contribution in [0.15, 0.2) is 24.3 Å². The highest BCUT2D eigenvalue weighted by Gasteiger charge is 2.26. The SMILES string of the molecule is COc1ccc(C(=O)NCC(=O)O[C@H](C)C(=O)c2[nH]c(C)c(C(C)=O)c2C)cc1. The molecule has 0 unspecified atom stereocenters. The monoisotopic (exact) mass is 400 g/mol. The van der Waals surface area contributed by atoms with Gasteiger partial charge in [-0.1, -0.05) is 0 Å². The number of rotatable bonds is 8. The van der Waals surface area contributed by atoms with Crippen molar-refractivity contribution in [1.82, 2.24) is 10.3 Å². The van der Waals surface area contributed by atoms with Gasteiger partial charge < -0.3 is 19.8 Å². The standard InChI is InChI=1S/C21H24N2O6/c1-11-18(13(3)24)12(2)23-19(11)20(26)14(4)29-17(25)10-22-21(27)15-6-8-16(28-5)9-7-15/h6-9,14,23H,10H2,1-5H3,(H,22,27)/t14-/m1/s1. The number of carbonyl (C=O) groups is 4. The Hall–Kier alpha value is -3.42. The topological polar surface area (TPSA) is 115 Å². The van der Waals surface area contributed by atoms with E-state index < -0.39 is 23.8 Å². The van der Waals surface area contributed by atoms with E-state index in [4.69, 9.17) is 9.47 Å². The minimum atomic E-state index is -1.07. The van der Waals surface area contributed by atoms with Crippen LogP contribution in [-0.2, 0) is 9.53 Å². The normalized spacial score (nSPS) is 11.5. The Kier molecular flexibility index (Phi) is 6.93. The Labute approximate surface area is 168 Å². The molecule has 0 fully saturated rings. The third-order valence-electron chi connectivity index (χ3n) is 4.46. The number of ketones is 2. The number of nitrogens with one attached hydrogen (secondary N) is 2. The summed E-state index contributed by atoms with van der Waals surface area (Å²) < 4.78 is 10.1. The van der Waals surface area contributed by atoms with Crippen LogP contribution >= 0.6 is 0 Å². The number of ether oxygens (including phenoxy) is 2. The summed E-state index contributed by atoms with van der Waals surface area (Å²) in [4.78, 5) is 51.3. The second-order valence-electron chi connectivity index (χ2n) is 6.59. The van der Waals surface area contributed by atoms with Crippen molar-refractivity contribution in [1.29, 1.82) is 0 Å². The zero-order chi connectivity index (χ0) is 21.7. The fourth-order valence-electron chi connectivity index (χ4n) is 3.02. The number of methoxy groups -OCH3 is 1. The Balaban J connectivity index is 1.94. The summed E-state index contributed by atoms with van der Waals surface area (Å²) >= 11 is 0. The molecule has 8 heteroatoms. The summed E-state index contributed by atoms with van der Waals surface area (Å²) in [5.41, 5.74) is 2.16. The third-order valence-corrected chi connectivity index (χ3v) is 4.46. The molecule has 1 heterocycles. The third kappa shape index (κ3) is 5.10. The molecule has 0 saturated heterocycles. The van der Waals surface area contributed by atoms with Crippen LogP contribution in [0.3, 0.4) is 0 Å². The van der Waals surface area contributed by atoms with Gasteiger partial charge in [0, 0.05) is 16.8 Å². The van der Waals surface area contributed by atoms with Gasteiger partial charge in [-0.2, -0.15) is 0 Å². The molecule has 2 aromatic rings. The van der Waals surface area contributed by atoms with Crippen molar-refractivity contribution in [3.8, 4) is 5.75 Å². The molecule has 0 aliphatic rings. The lowest BCUT2D eigenvalue weighted by atomic mass is 10.0. The molecule has 0 spiro atoms. The quantitative estimate of drug-likeness (QED) is 0.519. The van der Waals surface area contributed by atoms with E-state index in [-0.39, 0.29) is 18.0 Å². The number of carbonyl (C=O) groups excluding carboxylic acids is 4. The van der Waals surface area contributed by atoms with Gasteiger partial charge in [0.05, 0.1) is 12.8 Å². The lowest BCUT2D eigenvalue weighted by Crippen LogP contribution is -2.34. The Morgan fingerprint density at radius 2 is 1.72 bits per heavy atom. The van der Waals surface area contributed by atoms with E-state index in [9.17, 15) is 19.2 Å². The van der Waals surface area contributed by atoms with Crippen LogP contribution < -0.4 is 10.1 Å². The molecular weight excluding hydrogens is 376 g/mol. The zero-order valence-electron chi connectivity index (χ0n) is 17.0. The minimum absolute atomic E-state index is 0.152. The molecule has 0 aliphatic heterocycles. The van der Waals surface area contributed by atoms with E-state index in [0.717, 1.165) is 0 Å². The van der Waals surface area contributed by atoms with Crippen molar-refractivity contribution in [3.05, 3.63) is 52.3 Å². The number of Topliss-reactive ketones (excluding diaryl/α,β-unsaturated/α-hetero) is 2. The zero-order valence-corrected chi connectivity index (χ0v) is 17.0. The molecule has 2 rings (SSSR count). The minimum Gasteiger partial charge on any atom is -0.497 e. The van der Waals surface area contributed by atoms with Crippen LogP contribution in [0.4, 0.5) is 0 Å². The van der Waals surface area contributed by atoms with Gasteiger partial charge in [0.25, 0.3) is 5.91 Å². The Bertz CT molecular complexity index is 943. The summed E-state index contributed by atoms with van der Waals surface area (Å²) in [7, 11) is 1.52. The van der Waals surface area contributed by atoms with Gasteiger partial charge in [0.2, 0.25) is 5.78 Å². The molecule has 1 aromatic heterocycles. The fourth-order valence-corrected chi connectivity index (χ4v) is 3.02. The van der Waals surface area contributed by atoms with Crippen molar-refractivity contribution < 1.29 is 28.7 Å². The molecule has 29 heavy (non-hydrogen) atoms. The first kappa shape index (κ1) is 21.9. The summed E-state index contributed by atoms with van der Waals surface area (Å²) in [6.07, 6.45) is -1.07. The molecule has 1 amide bonds. The van der Waals surface area contributed by atoms with Crippen LogP contribution in [0.25, 0.3) is 0 Å². The molecule has 0 saturated carbocycles. The molecule has 2 N–H and O–H groups in total. The predicted molar refractivity (Wildman–Crippen MR) is 105 cm³/mol. The average molecular weight is 400 g/mol. The van der Waals surface area contributed by atoms with Crippen molar-refractivity contribution in [2.45, 2.75) is 33.8 Å². The fraction of sp³-hybridized carbons (Fsp3) is 0.333. The van der Waals surface area contributed by atoms with Gasteiger partial charge >= 0.3 is 5.97 Å². The molecule has 8 nitrogen and oxygen atoms in total. The maximum absolute atomic E-state index is 12.6. The number of hydrogen-bond acceptors (Lipinski definition) is 6. The lowest BCUT2D eigenvalue weighted by molar-refractivity contribution is -0.145. The van der Waals surface area contributed by atoms with E-state index in [0.29, 0.717) is 28.1 Å².